The lowest BCUT2D eigenvalue weighted by Crippen LogP contribution is -2.48. The molecule has 2 aliphatic heterocycles. The molecule has 0 bridgehead atoms. The predicted molar refractivity (Wildman–Crippen MR) is 114 cm³/mol. The van der Waals surface area contributed by atoms with Crippen LogP contribution in [0.5, 0.6) is 0 Å². The van der Waals surface area contributed by atoms with Crippen LogP contribution in [-0.2, 0) is 43.5 Å². The number of esters is 3. The lowest BCUT2D eigenvalue weighted by molar-refractivity contribution is -0.143. The van der Waals surface area contributed by atoms with Crippen molar-refractivity contribution in [1.82, 2.24) is 0 Å². The van der Waals surface area contributed by atoms with E-state index in [0.29, 0.717) is 10.2 Å². The Labute approximate surface area is 191 Å². The summed E-state index contributed by atoms with van der Waals surface area (Å²) in [5.41, 5.74) is 3.84. The largest absolute Gasteiger partial charge is 0.466 e. The Kier molecular flexibility index (Phi) is 6.58. The van der Waals surface area contributed by atoms with Crippen molar-refractivity contribution >= 4 is 45.4 Å². The molecule has 1 aromatic rings. The number of carbonyl (C=O) groups is 4. The van der Waals surface area contributed by atoms with Gasteiger partial charge in [0.05, 0.1) is 20.3 Å². The van der Waals surface area contributed by atoms with Crippen LogP contribution in [0.2, 0.25) is 0 Å². The number of fused-ring (bicyclic) bond motifs is 2. The number of methoxy groups -OCH3 is 1. The van der Waals surface area contributed by atoms with Gasteiger partial charge in [0.1, 0.15) is 28.7 Å². The number of hydrogen-bond acceptors (Lipinski definition) is 9. The highest BCUT2D eigenvalue weighted by Crippen LogP contribution is 2.53. The second-order valence-corrected chi connectivity index (χ2v) is 7.64. The molecule has 170 valence electrons. The zero-order valence-corrected chi connectivity index (χ0v) is 19.2. The van der Waals surface area contributed by atoms with Gasteiger partial charge in [0, 0.05) is 15.7 Å². The van der Waals surface area contributed by atoms with Gasteiger partial charge in [-0.15, -0.1) is 0 Å². The highest BCUT2D eigenvalue weighted by atomic mass is 79.9. The fraction of sp³-hybridized carbons (Fsp3) is 0.333. The summed E-state index contributed by atoms with van der Waals surface area (Å²) in [6.07, 6.45) is -0.518. The number of ether oxygens (including phenoxy) is 4. The van der Waals surface area contributed by atoms with Gasteiger partial charge in [0.25, 0.3) is 0 Å². The molecular formula is C21H21BrN2O8. The maximum absolute atomic E-state index is 13.5. The Morgan fingerprint density at radius 1 is 1.12 bits per heavy atom. The molecule has 0 saturated heterocycles. The van der Waals surface area contributed by atoms with Gasteiger partial charge in [0.2, 0.25) is 11.8 Å². The fourth-order valence-electron chi connectivity index (χ4n) is 3.82. The SMILES string of the molecule is CCOC(=O)CC1=C(C(=O)OCC)[C@@]2(C(=O)Nc3ccc(Br)cc32)C(C(=O)OC)=C(N)O1. The summed E-state index contributed by atoms with van der Waals surface area (Å²) in [6.45, 7) is 3.24. The van der Waals surface area contributed by atoms with Gasteiger partial charge in [-0.3, -0.25) is 9.59 Å². The summed E-state index contributed by atoms with van der Waals surface area (Å²) >= 11 is 3.35. The van der Waals surface area contributed by atoms with Crippen molar-refractivity contribution in [3.63, 3.8) is 0 Å². The van der Waals surface area contributed by atoms with Gasteiger partial charge in [0.15, 0.2) is 0 Å². The molecule has 1 amide bonds. The topological polar surface area (TPSA) is 143 Å². The molecule has 0 aromatic heterocycles. The predicted octanol–water partition coefficient (Wildman–Crippen LogP) is 1.78. The molecule has 1 aromatic carbocycles. The first kappa shape index (κ1) is 23.3. The smallest absolute Gasteiger partial charge is 0.340 e. The maximum atomic E-state index is 13.5. The van der Waals surface area contributed by atoms with E-state index in [0.717, 1.165) is 7.11 Å². The zero-order valence-electron chi connectivity index (χ0n) is 17.6. The third-order valence-corrected chi connectivity index (χ3v) is 5.46. The van der Waals surface area contributed by atoms with E-state index in [9.17, 15) is 19.2 Å². The molecule has 2 aliphatic rings. The highest BCUT2D eigenvalue weighted by Gasteiger charge is 2.62. The minimum absolute atomic E-state index is 0.0369. The number of anilines is 1. The molecule has 0 radical (unpaired) electrons. The van der Waals surface area contributed by atoms with Crippen molar-refractivity contribution in [2.75, 3.05) is 25.6 Å². The molecule has 0 saturated carbocycles. The van der Waals surface area contributed by atoms with Crippen molar-refractivity contribution in [2.24, 2.45) is 5.73 Å². The molecule has 3 N–H and O–H groups in total. The first-order chi connectivity index (χ1) is 15.2. The van der Waals surface area contributed by atoms with E-state index in [-0.39, 0.29) is 30.1 Å². The number of carbonyl (C=O) groups excluding carboxylic acids is 4. The van der Waals surface area contributed by atoms with Gasteiger partial charge >= 0.3 is 17.9 Å². The van der Waals surface area contributed by atoms with E-state index >= 15 is 0 Å². The van der Waals surface area contributed by atoms with Crippen molar-refractivity contribution in [3.8, 4) is 0 Å². The van der Waals surface area contributed by atoms with E-state index in [1.165, 1.54) is 0 Å². The minimum Gasteiger partial charge on any atom is -0.466 e. The van der Waals surface area contributed by atoms with Crippen molar-refractivity contribution < 1.29 is 38.1 Å². The van der Waals surface area contributed by atoms with Gasteiger partial charge in [-0.1, -0.05) is 15.9 Å². The van der Waals surface area contributed by atoms with Gasteiger partial charge in [-0.2, -0.15) is 0 Å². The third kappa shape index (κ3) is 3.62. The van der Waals surface area contributed by atoms with Crippen LogP contribution in [0.25, 0.3) is 0 Å². The molecule has 0 fully saturated rings. The zero-order chi connectivity index (χ0) is 23.6. The first-order valence-electron chi connectivity index (χ1n) is 9.66. The Morgan fingerprint density at radius 3 is 2.44 bits per heavy atom. The Balaban J connectivity index is 2.41. The number of halogens is 1. The average Bonchev–Trinajstić information content (AvgIpc) is 2.99. The lowest BCUT2D eigenvalue weighted by atomic mass is 9.67. The van der Waals surface area contributed by atoms with E-state index in [2.05, 4.69) is 21.2 Å². The quantitative estimate of drug-likeness (QED) is 0.433. The Hall–Kier alpha value is -3.34. The van der Waals surface area contributed by atoms with Crippen LogP contribution in [-0.4, -0.2) is 44.1 Å². The van der Waals surface area contributed by atoms with Gasteiger partial charge in [-0.25, -0.2) is 9.59 Å². The van der Waals surface area contributed by atoms with Crippen molar-refractivity contribution in [2.45, 2.75) is 25.7 Å². The van der Waals surface area contributed by atoms with Crippen LogP contribution in [0.4, 0.5) is 5.69 Å². The molecule has 10 nitrogen and oxygen atoms in total. The molecule has 32 heavy (non-hydrogen) atoms. The first-order valence-corrected chi connectivity index (χ1v) is 10.5. The third-order valence-electron chi connectivity index (χ3n) is 4.96. The molecule has 3 rings (SSSR count). The normalized spacial score (nSPS) is 19.3. The second kappa shape index (κ2) is 9.03. The number of nitrogens with one attached hydrogen (secondary N) is 1. The minimum atomic E-state index is -2.07. The van der Waals surface area contributed by atoms with Crippen LogP contribution >= 0.6 is 15.9 Å². The number of amides is 1. The molecule has 1 atom stereocenters. The Morgan fingerprint density at radius 2 is 1.81 bits per heavy atom. The fourth-order valence-corrected chi connectivity index (χ4v) is 4.18. The van der Waals surface area contributed by atoms with Crippen LogP contribution in [0.1, 0.15) is 25.8 Å². The average molecular weight is 509 g/mol. The van der Waals surface area contributed by atoms with E-state index in [1.54, 1.807) is 32.0 Å². The van der Waals surface area contributed by atoms with Crippen molar-refractivity contribution in [3.05, 3.63) is 51.0 Å². The van der Waals surface area contributed by atoms with E-state index < -0.39 is 47.1 Å². The summed E-state index contributed by atoms with van der Waals surface area (Å²) in [6, 6.07) is 4.84. The molecule has 2 heterocycles. The Bertz CT molecular complexity index is 1080. The van der Waals surface area contributed by atoms with E-state index in [1.807, 2.05) is 0 Å². The summed E-state index contributed by atoms with van der Waals surface area (Å²) in [5.74, 6) is -4.14. The highest BCUT2D eigenvalue weighted by molar-refractivity contribution is 9.10. The van der Waals surface area contributed by atoms with Crippen molar-refractivity contribution in [1.29, 1.82) is 0 Å². The molecule has 0 aliphatic carbocycles. The summed E-state index contributed by atoms with van der Waals surface area (Å²) in [4.78, 5) is 51.8. The summed E-state index contributed by atoms with van der Waals surface area (Å²) < 4.78 is 21.1. The summed E-state index contributed by atoms with van der Waals surface area (Å²) in [7, 11) is 1.10. The number of hydrogen-bond donors (Lipinski definition) is 2. The van der Waals surface area contributed by atoms with Crippen LogP contribution in [0.15, 0.2) is 45.5 Å². The number of benzene rings is 1. The molecule has 11 heteroatoms. The van der Waals surface area contributed by atoms with E-state index in [4.69, 9.17) is 24.7 Å². The molecule has 0 unspecified atom stereocenters. The molecule has 1 spiro atoms. The van der Waals surface area contributed by atoms with Crippen LogP contribution in [0.3, 0.4) is 0 Å². The monoisotopic (exact) mass is 508 g/mol. The maximum Gasteiger partial charge on any atom is 0.340 e. The number of rotatable bonds is 6. The van der Waals surface area contributed by atoms with Crippen LogP contribution in [0, 0.1) is 0 Å². The number of nitrogens with two attached hydrogens (primary N) is 1. The second-order valence-electron chi connectivity index (χ2n) is 6.73. The van der Waals surface area contributed by atoms with Gasteiger partial charge in [-0.05, 0) is 32.0 Å². The van der Waals surface area contributed by atoms with Crippen LogP contribution < -0.4 is 11.1 Å². The lowest BCUT2D eigenvalue weighted by Gasteiger charge is -2.36. The summed E-state index contributed by atoms with van der Waals surface area (Å²) in [5, 5.41) is 2.67. The molecular weight excluding hydrogens is 488 g/mol. The standard InChI is InChI=1S/C21H21BrN2O8/c1-4-30-14(25)9-13-15(19(27)31-5-2)21(16(17(23)32-13)18(26)29-3)11-8-10(22)6-7-12(11)24-20(21)28/h6-8H,4-5,9,23H2,1-3H3,(H,24,28)/t21-/m1/s1. The van der Waals surface area contributed by atoms with Gasteiger partial charge < -0.3 is 30.0 Å².